The largest absolute Gasteiger partial charge is 0.318 e. The number of hydrogen-bond donors (Lipinski definition) is 1. The lowest BCUT2D eigenvalue weighted by Crippen LogP contribution is -2.48. The molecule has 3 rings (SSSR count). The maximum absolute atomic E-state index is 13.3. The number of aromatic nitrogens is 3. The molecule has 0 unspecified atom stereocenters. The maximum atomic E-state index is 13.3. The second kappa shape index (κ2) is 5.56. The Kier molecular flexibility index (Phi) is 3.83. The molecule has 1 fully saturated rings. The number of piperidine rings is 1. The average Bonchev–Trinajstić information content (AvgIpc) is 2.48. The Hall–Kier alpha value is -2.02. The second-order valence-electron chi connectivity index (χ2n) is 7.04. The van der Waals surface area contributed by atoms with Crippen molar-refractivity contribution in [2.24, 2.45) is 0 Å². The Morgan fingerprint density at radius 2 is 1.91 bits per heavy atom. The summed E-state index contributed by atoms with van der Waals surface area (Å²) in [6, 6.07) is 1.10. The molecule has 2 aromatic heterocycles. The van der Waals surface area contributed by atoms with Crippen LogP contribution in [-0.4, -0.2) is 38.1 Å². The third-order valence-corrected chi connectivity index (χ3v) is 4.50. The van der Waals surface area contributed by atoms with Crippen molar-refractivity contribution in [2.45, 2.75) is 45.2 Å². The highest BCUT2D eigenvalue weighted by molar-refractivity contribution is 5.69. The molecule has 23 heavy (non-hydrogen) atoms. The number of rotatable bonds is 1. The highest BCUT2D eigenvalue weighted by atomic mass is 19.1. The summed E-state index contributed by atoms with van der Waals surface area (Å²) in [5, 5.41) is 0. The summed E-state index contributed by atoms with van der Waals surface area (Å²) in [5.41, 5.74) is -0.680. The van der Waals surface area contributed by atoms with Gasteiger partial charge in [-0.25, -0.2) is 9.37 Å². The van der Waals surface area contributed by atoms with Crippen molar-refractivity contribution in [1.29, 1.82) is 0 Å². The van der Waals surface area contributed by atoms with Gasteiger partial charge in [-0.15, -0.1) is 0 Å². The van der Waals surface area contributed by atoms with Crippen molar-refractivity contribution in [3.8, 4) is 0 Å². The monoisotopic (exact) mass is 320 g/mol. The Morgan fingerprint density at radius 1 is 1.26 bits per heavy atom. The van der Waals surface area contributed by atoms with Crippen molar-refractivity contribution >= 4 is 11.2 Å². The molecule has 0 bridgehead atoms. The lowest BCUT2D eigenvalue weighted by atomic mass is 9.98. The van der Waals surface area contributed by atoms with Crippen LogP contribution in [0.2, 0.25) is 0 Å². The zero-order valence-corrected chi connectivity index (χ0v) is 13.6. The van der Waals surface area contributed by atoms with Gasteiger partial charge >= 0.3 is 11.1 Å². The number of nitrogens with one attached hydrogen (secondary N) is 1. The van der Waals surface area contributed by atoms with E-state index in [0.717, 1.165) is 32.1 Å². The van der Waals surface area contributed by atoms with Gasteiger partial charge in [-0.1, -0.05) is 0 Å². The fraction of sp³-hybridized carbons (Fsp3) is 0.562. The van der Waals surface area contributed by atoms with Crippen LogP contribution in [0.25, 0.3) is 11.2 Å². The van der Waals surface area contributed by atoms with Gasteiger partial charge in [0.05, 0.1) is 11.7 Å². The number of aromatic amines is 1. The van der Waals surface area contributed by atoms with Crippen LogP contribution < -0.4 is 11.1 Å². The first-order valence-corrected chi connectivity index (χ1v) is 7.82. The number of hydrogen-bond acceptors (Lipinski definition) is 4. The molecule has 1 aliphatic heterocycles. The second-order valence-corrected chi connectivity index (χ2v) is 7.04. The van der Waals surface area contributed by atoms with Crippen molar-refractivity contribution in [1.82, 2.24) is 19.4 Å². The first-order chi connectivity index (χ1) is 10.8. The standard InChI is InChI=1S/C16H21FN4O2/c1-16(2,3)20-6-4-11(5-7-20)21-13-12(8-10(17)9-18-13)19-14(22)15(21)23/h8-9,11H,4-7H2,1-3H3,(H,19,22). The predicted octanol–water partition coefficient (Wildman–Crippen LogP) is 1.66. The number of halogens is 1. The van der Waals surface area contributed by atoms with Gasteiger partial charge in [0.25, 0.3) is 0 Å². The van der Waals surface area contributed by atoms with Crippen molar-refractivity contribution < 1.29 is 4.39 Å². The average molecular weight is 320 g/mol. The molecule has 0 radical (unpaired) electrons. The summed E-state index contributed by atoms with van der Waals surface area (Å²) in [5.74, 6) is -0.541. The first kappa shape index (κ1) is 15.9. The molecule has 1 N–H and O–H groups in total. The number of likely N-dealkylation sites (tertiary alicyclic amines) is 1. The van der Waals surface area contributed by atoms with Gasteiger partial charge in [0.2, 0.25) is 0 Å². The van der Waals surface area contributed by atoms with Crippen LogP contribution in [0.5, 0.6) is 0 Å². The predicted molar refractivity (Wildman–Crippen MR) is 86.2 cm³/mol. The number of fused-ring (bicyclic) bond motifs is 1. The molecule has 7 heteroatoms. The quantitative estimate of drug-likeness (QED) is 0.811. The molecule has 0 aliphatic carbocycles. The van der Waals surface area contributed by atoms with E-state index in [4.69, 9.17) is 0 Å². The zero-order chi connectivity index (χ0) is 16.8. The van der Waals surface area contributed by atoms with E-state index in [1.54, 1.807) is 0 Å². The molecule has 1 saturated heterocycles. The number of nitrogens with zero attached hydrogens (tertiary/aromatic N) is 3. The lowest BCUT2D eigenvalue weighted by molar-refractivity contribution is 0.0898. The summed E-state index contributed by atoms with van der Waals surface area (Å²) in [6.45, 7) is 8.16. The SMILES string of the molecule is CC(C)(C)N1CCC(n2c(=O)c(=O)[nH]c3cc(F)cnc32)CC1. The van der Waals surface area contributed by atoms with E-state index in [0.29, 0.717) is 5.65 Å². The van der Waals surface area contributed by atoms with E-state index >= 15 is 0 Å². The molecule has 0 spiro atoms. The minimum atomic E-state index is -0.733. The topological polar surface area (TPSA) is 71.0 Å². The summed E-state index contributed by atoms with van der Waals surface area (Å²) in [7, 11) is 0. The highest BCUT2D eigenvalue weighted by Gasteiger charge is 2.29. The molecular formula is C16H21FN4O2. The third kappa shape index (κ3) is 2.93. The van der Waals surface area contributed by atoms with E-state index < -0.39 is 16.9 Å². The number of pyridine rings is 1. The molecule has 0 atom stereocenters. The molecule has 0 amide bonds. The lowest BCUT2D eigenvalue weighted by Gasteiger charge is -2.41. The van der Waals surface area contributed by atoms with Gasteiger partial charge in [-0.05, 0) is 33.6 Å². The fourth-order valence-electron chi connectivity index (χ4n) is 3.23. The molecule has 0 saturated carbocycles. The maximum Gasteiger partial charge on any atom is 0.318 e. The van der Waals surface area contributed by atoms with Gasteiger partial charge in [0, 0.05) is 30.7 Å². The van der Waals surface area contributed by atoms with Gasteiger partial charge < -0.3 is 4.98 Å². The van der Waals surface area contributed by atoms with Crippen molar-refractivity contribution in [3.05, 3.63) is 38.8 Å². The Balaban J connectivity index is 2.02. The van der Waals surface area contributed by atoms with Gasteiger partial charge in [0.15, 0.2) is 5.65 Å². The zero-order valence-electron chi connectivity index (χ0n) is 13.6. The molecule has 0 aromatic carbocycles. The Morgan fingerprint density at radius 3 is 2.52 bits per heavy atom. The minimum Gasteiger partial charge on any atom is -0.314 e. The molecule has 6 nitrogen and oxygen atoms in total. The molecule has 2 aromatic rings. The molecular weight excluding hydrogens is 299 g/mol. The van der Waals surface area contributed by atoms with Crippen molar-refractivity contribution in [2.75, 3.05) is 13.1 Å². The Bertz CT molecular complexity index is 842. The van der Waals surface area contributed by atoms with E-state index in [-0.39, 0.29) is 17.1 Å². The van der Waals surface area contributed by atoms with Crippen LogP contribution in [0.1, 0.15) is 39.7 Å². The Labute approximate surface area is 133 Å². The normalized spacial score (nSPS) is 17.7. The first-order valence-electron chi connectivity index (χ1n) is 7.82. The molecule has 124 valence electrons. The molecule has 1 aliphatic rings. The van der Waals surface area contributed by atoms with Crippen LogP contribution >= 0.6 is 0 Å². The molecule has 3 heterocycles. The van der Waals surface area contributed by atoms with Crippen LogP contribution in [-0.2, 0) is 0 Å². The van der Waals surface area contributed by atoms with E-state index in [9.17, 15) is 14.0 Å². The van der Waals surface area contributed by atoms with Crippen LogP contribution in [0.15, 0.2) is 21.9 Å². The fourth-order valence-corrected chi connectivity index (χ4v) is 3.23. The van der Waals surface area contributed by atoms with Gasteiger partial charge in [-0.3, -0.25) is 19.1 Å². The summed E-state index contributed by atoms with van der Waals surface area (Å²) in [6.07, 6.45) is 2.59. The van der Waals surface area contributed by atoms with E-state index in [2.05, 4.69) is 35.6 Å². The number of H-pyrrole nitrogens is 1. The third-order valence-electron chi connectivity index (χ3n) is 4.50. The van der Waals surface area contributed by atoms with Crippen LogP contribution in [0.3, 0.4) is 0 Å². The van der Waals surface area contributed by atoms with E-state index in [1.165, 1.54) is 10.6 Å². The minimum absolute atomic E-state index is 0.0769. The summed E-state index contributed by atoms with van der Waals surface area (Å²) in [4.78, 5) is 33.0. The summed E-state index contributed by atoms with van der Waals surface area (Å²) >= 11 is 0. The summed E-state index contributed by atoms with van der Waals surface area (Å²) < 4.78 is 14.8. The van der Waals surface area contributed by atoms with Crippen LogP contribution in [0, 0.1) is 5.82 Å². The van der Waals surface area contributed by atoms with Gasteiger partial charge in [0.1, 0.15) is 5.82 Å². The van der Waals surface area contributed by atoms with Crippen molar-refractivity contribution in [3.63, 3.8) is 0 Å². The van der Waals surface area contributed by atoms with Crippen LogP contribution in [0.4, 0.5) is 4.39 Å². The van der Waals surface area contributed by atoms with Gasteiger partial charge in [-0.2, -0.15) is 0 Å². The smallest absolute Gasteiger partial charge is 0.314 e. The highest BCUT2D eigenvalue weighted by Crippen LogP contribution is 2.27. The van der Waals surface area contributed by atoms with E-state index in [1.807, 2.05) is 0 Å².